The van der Waals surface area contributed by atoms with Crippen molar-refractivity contribution in [1.29, 1.82) is 0 Å². The third-order valence-corrected chi connectivity index (χ3v) is 4.85. The highest BCUT2D eigenvalue weighted by Crippen LogP contribution is 2.27. The molecular formula is C21H26N6O4. The van der Waals surface area contributed by atoms with E-state index < -0.39 is 11.5 Å². The minimum Gasteiger partial charge on any atom is -0.497 e. The van der Waals surface area contributed by atoms with Crippen LogP contribution in [-0.4, -0.2) is 43.3 Å². The Morgan fingerprint density at radius 1 is 1.29 bits per heavy atom. The maximum Gasteiger partial charge on any atom is 0.291 e. The van der Waals surface area contributed by atoms with E-state index in [4.69, 9.17) is 4.74 Å². The summed E-state index contributed by atoms with van der Waals surface area (Å²) in [6.45, 7) is 6.37. The van der Waals surface area contributed by atoms with Crippen molar-refractivity contribution in [3.63, 3.8) is 0 Å². The standard InChI is InChI=1S/C21H26N6O4/c1-21(2,3)11-26-16-10-15(24-14-9-13(31-4)7-8-22-14)25-27(16)20(30)17(19(26)29)18(28)23-12-5-6-12/h7-10,12,29H,5-6,11H2,1-4H3,(H,23,28)(H,22,24,25). The lowest BCUT2D eigenvalue weighted by Crippen LogP contribution is -2.35. The monoisotopic (exact) mass is 426 g/mol. The third kappa shape index (κ3) is 4.32. The fourth-order valence-electron chi connectivity index (χ4n) is 3.27. The number of nitrogens with zero attached hydrogens (tertiary/aromatic N) is 4. The second-order valence-corrected chi connectivity index (χ2v) is 8.90. The van der Waals surface area contributed by atoms with Crippen LogP contribution in [0.4, 0.5) is 11.6 Å². The third-order valence-electron chi connectivity index (χ3n) is 4.85. The van der Waals surface area contributed by atoms with Gasteiger partial charge < -0.3 is 20.5 Å². The topological polar surface area (TPSA) is 123 Å². The minimum atomic E-state index is -0.678. The lowest BCUT2D eigenvalue weighted by molar-refractivity contribution is 0.0944. The molecular weight excluding hydrogens is 400 g/mol. The predicted molar refractivity (Wildman–Crippen MR) is 115 cm³/mol. The van der Waals surface area contributed by atoms with Crippen LogP contribution < -0.4 is 20.9 Å². The van der Waals surface area contributed by atoms with Gasteiger partial charge in [0.2, 0.25) is 5.88 Å². The molecule has 0 bridgehead atoms. The van der Waals surface area contributed by atoms with Gasteiger partial charge in [0, 0.05) is 30.9 Å². The summed E-state index contributed by atoms with van der Waals surface area (Å²) in [7, 11) is 1.56. The number of carbonyl (C=O) groups is 1. The van der Waals surface area contributed by atoms with Crippen LogP contribution in [0.25, 0.3) is 5.65 Å². The number of fused-ring (bicyclic) bond motifs is 1. The van der Waals surface area contributed by atoms with E-state index in [2.05, 4.69) is 20.7 Å². The first-order valence-corrected chi connectivity index (χ1v) is 10.1. The quantitative estimate of drug-likeness (QED) is 0.553. The summed E-state index contributed by atoms with van der Waals surface area (Å²) in [6, 6.07) is 5.09. The summed E-state index contributed by atoms with van der Waals surface area (Å²) in [5.41, 5.74) is -0.852. The fraction of sp³-hybridized carbons (Fsp3) is 0.429. The van der Waals surface area contributed by atoms with Crippen LogP contribution in [-0.2, 0) is 6.54 Å². The van der Waals surface area contributed by atoms with Gasteiger partial charge in [-0.15, -0.1) is 5.10 Å². The van der Waals surface area contributed by atoms with Crippen LogP contribution in [0.3, 0.4) is 0 Å². The average Bonchev–Trinajstić information content (AvgIpc) is 3.41. The summed E-state index contributed by atoms with van der Waals surface area (Å²) < 4.78 is 7.88. The first-order valence-electron chi connectivity index (χ1n) is 10.1. The van der Waals surface area contributed by atoms with Crippen molar-refractivity contribution >= 4 is 23.2 Å². The highest BCUT2D eigenvalue weighted by Gasteiger charge is 2.30. The van der Waals surface area contributed by atoms with Gasteiger partial charge in [-0.25, -0.2) is 4.98 Å². The molecule has 0 unspecified atom stereocenters. The molecule has 10 nitrogen and oxygen atoms in total. The van der Waals surface area contributed by atoms with Gasteiger partial charge in [-0.2, -0.15) is 4.52 Å². The van der Waals surface area contributed by atoms with Crippen LogP contribution in [0.15, 0.2) is 29.2 Å². The van der Waals surface area contributed by atoms with E-state index in [1.807, 2.05) is 20.8 Å². The molecule has 1 aliphatic carbocycles. The van der Waals surface area contributed by atoms with E-state index in [0.717, 1.165) is 17.4 Å². The van der Waals surface area contributed by atoms with E-state index in [-0.39, 0.29) is 22.9 Å². The lowest BCUT2D eigenvalue weighted by Gasteiger charge is -2.23. The Hall–Kier alpha value is -3.56. The zero-order chi connectivity index (χ0) is 22.3. The predicted octanol–water partition coefficient (Wildman–Crippen LogP) is 2.29. The molecule has 1 saturated carbocycles. The van der Waals surface area contributed by atoms with Gasteiger partial charge in [-0.05, 0) is 24.3 Å². The first kappa shape index (κ1) is 20.7. The number of nitrogens with one attached hydrogen (secondary N) is 2. The Kier molecular flexibility index (Phi) is 5.08. The Balaban J connectivity index is 1.83. The number of hydrogen-bond acceptors (Lipinski definition) is 7. The van der Waals surface area contributed by atoms with Crippen LogP contribution in [0.2, 0.25) is 0 Å². The van der Waals surface area contributed by atoms with E-state index in [0.29, 0.717) is 29.6 Å². The molecule has 1 fully saturated rings. The Morgan fingerprint density at radius 3 is 2.68 bits per heavy atom. The average molecular weight is 426 g/mol. The van der Waals surface area contributed by atoms with E-state index in [1.54, 1.807) is 36.1 Å². The lowest BCUT2D eigenvalue weighted by atomic mass is 9.96. The molecule has 0 spiro atoms. The van der Waals surface area contributed by atoms with Gasteiger partial charge >= 0.3 is 0 Å². The summed E-state index contributed by atoms with van der Waals surface area (Å²) in [6.07, 6.45) is 3.32. The van der Waals surface area contributed by atoms with Crippen molar-refractivity contribution in [2.45, 2.75) is 46.2 Å². The van der Waals surface area contributed by atoms with E-state index >= 15 is 0 Å². The van der Waals surface area contributed by atoms with E-state index in [9.17, 15) is 14.7 Å². The number of methoxy groups -OCH3 is 1. The second kappa shape index (κ2) is 7.60. The number of carbonyl (C=O) groups excluding carboxylic acids is 1. The SMILES string of the molecule is COc1ccnc(Nc2cc3n(CC(C)(C)C)c(O)c(C(=O)NC4CC4)c(=O)n3n2)c1. The molecule has 3 heterocycles. The largest absolute Gasteiger partial charge is 0.497 e. The summed E-state index contributed by atoms with van der Waals surface area (Å²) in [4.78, 5) is 30.0. The first-order chi connectivity index (χ1) is 14.7. The van der Waals surface area contributed by atoms with Crippen molar-refractivity contribution in [3.05, 3.63) is 40.3 Å². The number of aromatic hydroxyl groups is 1. The highest BCUT2D eigenvalue weighted by molar-refractivity contribution is 5.96. The molecule has 0 aliphatic heterocycles. The number of rotatable bonds is 6. The Bertz CT molecular complexity index is 1200. The normalized spacial score (nSPS) is 13.9. The maximum atomic E-state index is 13.1. The molecule has 10 heteroatoms. The van der Waals surface area contributed by atoms with Gasteiger partial charge in [0.1, 0.15) is 17.2 Å². The molecule has 3 aromatic rings. The van der Waals surface area contributed by atoms with Crippen molar-refractivity contribution in [1.82, 2.24) is 24.5 Å². The molecule has 1 amide bonds. The minimum absolute atomic E-state index is 0.0482. The number of hydrogen-bond donors (Lipinski definition) is 3. The van der Waals surface area contributed by atoms with Crippen LogP contribution in [0.1, 0.15) is 44.0 Å². The molecule has 3 aromatic heterocycles. The zero-order valence-electron chi connectivity index (χ0n) is 18.0. The molecule has 164 valence electrons. The van der Waals surface area contributed by atoms with Crippen molar-refractivity contribution in [2.24, 2.45) is 5.41 Å². The smallest absolute Gasteiger partial charge is 0.291 e. The van der Waals surface area contributed by atoms with Crippen LogP contribution in [0, 0.1) is 5.41 Å². The van der Waals surface area contributed by atoms with Gasteiger partial charge in [-0.1, -0.05) is 20.8 Å². The number of aromatic nitrogens is 4. The molecule has 4 rings (SSSR count). The van der Waals surface area contributed by atoms with Gasteiger partial charge in [0.05, 0.1) is 7.11 Å². The second-order valence-electron chi connectivity index (χ2n) is 8.90. The van der Waals surface area contributed by atoms with Gasteiger partial charge in [0.15, 0.2) is 11.4 Å². The summed E-state index contributed by atoms with van der Waals surface area (Å²) >= 11 is 0. The van der Waals surface area contributed by atoms with Crippen molar-refractivity contribution in [2.75, 3.05) is 12.4 Å². The molecule has 0 aromatic carbocycles. The molecule has 3 N–H and O–H groups in total. The van der Waals surface area contributed by atoms with Crippen molar-refractivity contribution < 1.29 is 14.6 Å². The Labute approximate surface area is 178 Å². The van der Waals surface area contributed by atoms with Crippen LogP contribution >= 0.6 is 0 Å². The van der Waals surface area contributed by atoms with Gasteiger partial charge in [-0.3, -0.25) is 14.2 Å². The number of ether oxygens (including phenoxy) is 1. The number of amides is 1. The molecule has 0 saturated heterocycles. The van der Waals surface area contributed by atoms with Gasteiger partial charge in [0.25, 0.3) is 11.5 Å². The molecule has 0 radical (unpaired) electrons. The molecule has 1 aliphatic rings. The van der Waals surface area contributed by atoms with E-state index in [1.165, 1.54) is 0 Å². The molecule has 0 atom stereocenters. The Morgan fingerprint density at radius 2 is 2.03 bits per heavy atom. The maximum absolute atomic E-state index is 13.1. The van der Waals surface area contributed by atoms with Crippen LogP contribution in [0.5, 0.6) is 11.6 Å². The number of pyridine rings is 1. The van der Waals surface area contributed by atoms with Crippen molar-refractivity contribution in [3.8, 4) is 11.6 Å². The number of anilines is 2. The summed E-state index contributed by atoms with van der Waals surface area (Å²) in [5, 5.41) is 21.1. The fourth-order valence-corrected chi connectivity index (χ4v) is 3.27. The highest BCUT2D eigenvalue weighted by atomic mass is 16.5. The molecule has 31 heavy (non-hydrogen) atoms. The summed E-state index contributed by atoms with van der Waals surface area (Å²) in [5.74, 6) is 0.490. The zero-order valence-corrected chi connectivity index (χ0v) is 18.0.